The van der Waals surface area contributed by atoms with Crippen LogP contribution in [0.1, 0.15) is 15.9 Å². The molecule has 0 N–H and O–H groups in total. The van der Waals surface area contributed by atoms with Crippen molar-refractivity contribution in [3.8, 4) is 17.0 Å². The third kappa shape index (κ3) is 3.35. The maximum atomic E-state index is 12.6. The number of hydrogen-bond acceptors (Lipinski definition) is 4. The minimum absolute atomic E-state index is 0.0503. The van der Waals surface area contributed by atoms with Crippen molar-refractivity contribution in [3.05, 3.63) is 47.7 Å². The maximum absolute atomic E-state index is 12.6. The average Bonchev–Trinajstić information content (AvgIpc) is 2.61. The van der Waals surface area contributed by atoms with Gasteiger partial charge in [-0.3, -0.25) is 4.79 Å². The highest BCUT2D eigenvalue weighted by molar-refractivity contribution is 5.95. The topological polar surface area (TPSA) is 51.7 Å². The maximum Gasteiger partial charge on any atom is 0.254 e. The third-order valence-corrected chi connectivity index (χ3v) is 4.01. The SMILES string of the molecule is COc1cc(C)c(-c2cccc(C(=O)N3CCOCC3)c2)cn1. The molecule has 120 valence electrons. The quantitative estimate of drug-likeness (QED) is 0.874. The molecule has 0 saturated carbocycles. The van der Waals surface area contributed by atoms with Gasteiger partial charge in [0.25, 0.3) is 5.91 Å². The number of methoxy groups -OCH3 is 1. The van der Waals surface area contributed by atoms with E-state index in [4.69, 9.17) is 9.47 Å². The van der Waals surface area contributed by atoms with Crippen LogP contribution in [0, 0.1) is 6.92 Å². The molecule has 5 nitrogen and oxygen atoms in total. The van der Waals surface area contributed by atoms with Crippen molar-refractivity contribution in [1.82, 2.24) is 9.88 Å². The molecule has 5 heteroatoms. The average molecular weight is 312 g/mol. The molecular formula is C18H20N2O3. The molecule has 2 heterocycles. The van der Waals surface area contributed by atoms with E-state index in [-0.39, 0.29) is 5.91 Å². The fourth-order valence-corrected chi connectivity index (χ4v) is 2.71. The first-order valence-electron chi connectivity index (χ1n) is 7.67. The number of pyridine rings is 1. The van der Waals surface area contributed by atoms with Crippen LogP contribution in [0.25, 0.3) is 11.1 Å². The fourth-order valence-electron chi connectivity index (χ4n) is 2.71. The number of morpholine rings is 1. The minimum Gasteiger partial charge on any atom is -0.481 e. The predicted octanol–water partition coefficient (Wildman–Crippen LogP) is 2.54. The first-order valence-corrected chi connectivity index (χ1v) is 7.67. The lowest BCUT2D eigenvalue weighted by molar-refractivity contribution is 0.0303. The van der Waals surface area contributed by atoms with E-state index in [0.29, 0.717) is 37.7 Å². The lowest BCUT2D eigenvalue weighted by atomic mass is 10.0. The van der Waals surface area contributed by atoms with E-state index in [9.17, 15) is 4.79 Å². The van der Waals surface area contributed by atoms with Gasteiger partial charge in [0.2, 0.25) is 5.88 Å². The molecule has 0 aliphatic carbocycles. The Hall–Kier alpha value is -2.40. The van der Waals surface area contributed by atoms with Crippen LogP contribution in [-0.2, 0) is 4.74 Å². The summed E-state index contributed by atoms with van der Waals surface area (Å²) >= 11 is 0. The van der Waals surface area contributed by atoms with Crippen molar-refractivity contribution in [2.75, 3.05) is 33.4 Å². The van der Waals surface area contributed by atoms with Gasteiger partial charge in [0.1, 0.15) is 0 Å². The molecule has 2 aromatic rings. The van der Waals surface area contributed by atoms with Gasteiger partial charge in [0.15, 0.2) is 0 Å². The molecule has 1 aliphatic heterocycles. The van der Waals surface area contributed by atoms with Crippen molar-refractivity contribution < 1.29 is 14.3 Å². The second kappa shape index (κ2) is 6.79. The summed E-state index contributed by atoms with van der Waals surface area (Å²) in [6, 6.07) is 9.58. The Morgan fingerprint density at radius 2 is 2.04 bits per heavy atom. The summed E-state index contributed by atoms with van der Waals surface area (Å²) in [5.74, 6) is 0.640. The van der Waals surface area contributed by atoms with E-state index in [1.165, 1.54) is 0 Å². The van der Waals surface area contributed by atoms with E-state index in [0.717, 1.165) is 16.7 Å². The Bertz CT molecular complexity index is 709. The minimum atomic E-state index is 0.0503. The molecular weight excluding hydrogens is 292 g/mol. The van der Waals surface area contributed by atoms with Gasteiger partial charge in [-0.1, -0.05) is 12.1 Å². The Balaban J connectivity index is 1.89. The number of aromatic nitrogens is 1. The molecule has 23 heavy (non-hydrogen) atoms. The number of aryl methyl sites for hydroxylation is 1. The summed E-state index contributed by atoms with van der Waals surface area (Å²) in [6.07, 6.45) is 1.78. The van der Waals surface area contributed by atoms with Crippen LogP contribution in [0.15, 0.2) is 36.5 Å². The van der Waals surface area contributed by atoms with Crippen LogP contribution in [0.4, 0.5) is 0 Å². The van der Waals surface area contributed by atoms with Gasteiger partial charge < -0.3 is 14.4 Å². The number of ether oxygens (including phenoxy) is 2. The highest BCUT2D eigenvalue weighted by Crippen LogP contribution is 2.26. The normalized spacial score (nSPS) is 14.6. The molecule has 3 rings (SSSR count). The van der Waals surface area contributed by atoms with Crippen molar-refractivity contribution in [2.24, 2.45) is 0 Å². The Morgan fingerprint density at radius 1 is 1.26 bits per heavy atom. The van der Waals surface area contributed by atoms with Gasteiger partial charge in [-0.15, -0.1) is 0 Å². The predicted molar refractivity (Wildman–Crippen MR) is 87.7 cm³/mol. The van der Waals surface area contributed by atoms with E-state index < -0.39 is 0 Å². The van der Waals surface area contributed by atoms with Crippen molar-refractivity contribution >= 4 is 5.91 Å². The molecule has 1 aliphatic rings. The fraction of sp³-hybridized carbons (Fsp3) is 0.333. The standard InChI is InChI=1S/C18H20N2O3/c1-13-10-17(22-2)19-12-16(13)14-4-3-5-15(11-14)18(21)20-6-8-23-9-7-20/h3-5,10-12H,6-9H2,1-2H3. The Labute approximate surface area is 135 Å². The lowest BCUT2D eigenvalue weighted by Gasteiger charge is -2.27. The van der Waals surface area contributed by atoms with Gasteiger partial charge >= 0.3 is 0 Å². The summed E-state index contributed by atoms with van der Waals surface area (Å²) in [5.41, 5.74) is 3.74. The van der Waals surface area contributed by atoms with E-state index in [1.807, 2.05) is 42.2 Å². The Kier molecular flexibility index (Phi) is 4.57. The van der Waals surface area contributed by atoms with Crippen LogP contribution in [0.5, 0.6) is 5.88 Å². The highest BCUT2D eigenvalue weighted by Gasteiger charge is 2.19. The summed E-state index contributed by atoms with van der Waals surface area (Å²) in [4.78, 5) is 18.7. The molecule has 1 saturated heterocycles. The van der Waals surface area contributed by atoms with Crippen LogP contribution in [0.3, 0.4) is 0 Å². The zero-order chi connectivity index (χ0) is 16.2. The van der Waals surface area contributed by atoms with Gasteiger partial charge in [-0.05, 0) is 30.2 Å². The molecule has 0 unspecified atom stereocenters. The summed E-state index contributed by atoms with van der Waals surface area (Å²) in [5, 5.41) is 0. The molecule has 0 atom stereocenters. The van der Waals surface area contributed by atoms with Gasteiger partial charge in [-0.2, -0.15) is 0 Å². The number of rotatable bonds is 3. The summed E-state index contributed by atoms with van der Waals surface area (Å²) < 4.78 is 10.4. The van der Waals surface area contributed by atoms with Gasteiger partial charge in [-0.25, -0.2) is 4.98 Å². The molecule has 1 fully saturated rings. The third-order valence-electron chi connectivity index (χ3n) is 4.01. The first-order chi connectivity index (χ1) is 11.2. The van der Waals surface area contributed by atoms with Gasteiger partial charge in [0, 0.05) is 36.5 Å². The molecule has 1 aromatic heterocycles. The van der Waals surface area contributed by atoms with Crippen LogP contribution < -0.4 is 4.74 Å². The molecule has 0 radical (unpaired) electrons. The zero-order valence-electron chi connectivity index (χ0n) is 13.4. The largest absolute Gasteiger partial charge is 0.481 e. The smallest absolute Gasteiger partial charge is 0.254 e. The number of benzene rings is 1. The van der Waals surface area contributed by atoms with E-state index in [2.05, 4.69) is 4.98 Å². The van der Waals surface area contributed by atoms with Crippen LogP contribution in [-0.4, -0.2) is 49.2 Å². The van der Waals surface area contributed by atoms with Crippen molar-refractivity contribution in [1.29, 1.82) is 0 Å². The molecule has 1 amide bonds. The zero-order valence-corrected chi connectivity index (χ0v) is 13.4. The monoisotopic (exact) mass is 312 g/mol. The van der Waals surface area contributed by atoms with Crippen LogP contribution >= 0.6 is 0 Å². The van der Waals surface area contributed by atoms with Gasteiger partial charge in [0.05, 0.1) is 20.3 Å². The van der Waals surface area contributed by atoms with Crippen LogP contribution in [0.2, 0.25) is 0 Å². The number of carbonyl (C=O) groups excluding carboxylic acids is 1. The van der Waals surface area contributed by atoms with Crippen molar-refractivity contribution in [3.63, 3.8) is 0 Å². The number of nitrogens with zero attached hydrogens (tertiary/aromatic N) is 2. The van der Waals surface area contributed by atoms with E-state index >= 15 is 0 Å². The van der Waals surface area contributed by atoms with Crippen molar-refractivity contribution in [2.45, 2.75) is 6.92 Å². The second-order valence-electron chi connectivity index (χ2n) is 5.53. The number of amides is 1. The summed E-state index contributed by atoms with van der Waals surface area (Å²) in [6.45, 7) is 4.51. The second-order valence-corrected chi connectivity index (χ2v) is 5.53. The first kappa shape index (κ1) is 15.5. The number of hydrogen-bond donors (Lipinski definition) is 0. The molecule has 0 spiro atoms. The summed E-state index contributed by atoms with van der Waals surface area (Å²) in [7, 11) is 1.60. The molecule has 1 aromatic carbocycles. The molecule has 0 bridgehead atoms. The number of carbonyl (C=O) groups is 1. The lowest BCUT2D eigenvalue weighted by Crippen LogP contribution is -2.40. The highest BCUT2D eigenvalue weighted by atomic mass is 16.5. The van der Waals surface area contributed by atoms with E-state index in [1.54, 1.807) is 13.3 Å². The Morgan fingerprint density at radius 3 is 2.74 bits per heavy atom.